The lowest BCUT2D eigenvalue weighted by molar-refractivity contribution is 0.144. The largest absolute Gasteiger partial charge is 0.492 e. The highest BCUT2D eigenvalue weighted by molar-refractivity contribution is 5.85. The van der Waals surface area contributed by atoms with Crippen LogP contribution in [0.25, 0.3) is 22.2 Å². The van der Waals surface area contributed by atoms with Gasteiger partial charge in [-0.25, -0.2) is 9.97 Å². The van der Waals surface area contributed by atoms with Gasteiger partial charge in [0.2, 0.25) is 5.95 Å². The van der Waals surface area contributed by atoms with Crippen molar-refractivity contribution in [1.82, 2.24) is 19.4 Å². The van der Waals surface area contributed by atoms with Crippen molar-refractivity contribution >= 4 is 22.5 Å². The molecule has 7 heteroatoms. The Kier molecular flexibility index (Phi) is 7.14. The summed E-state index contributed by atoms with van der Waals surface area (Å²) >= 11 is 0. The molecule has 2 aromatic heterocycles. The Morgan fingerprint density at radius 3 is 2.86 bits per heavy atom. The molecule has 4 aromatic rings. The van der Waals surface area contributed by atoms with Crippen molar-refractivity contribution in [2.75, 3.05) is 38.2 Å². The summed E-state index contributed by atoms with van der Waals surface area (Å²) in [6, 6.07) is 16.7. The van der Waals surface area contributed by atoms with Crippen molar-refractivity contribution < 1.29 is 9.47 Å². The number of rotatable bonds is 4. The van der Waals surface area contributed by atoms with Crippen molar-refractivity contribution in [3.05, 3.63) is 78.6 Å². The summed E-state index contributed by atoms with van der Waals surface area (Å²) in [5, 5.41) is 4.58. The lowest BCUT2D eigenvalue weighted by Crippen LogP contribution is -2.25. The van der Waals surface area contributed by atoms with Gasteiger partial charge in [0, 0.05) is 53.2 Å². The fourth-order valence-corrected chi connectivity index (χ4v) is 5.10. The number of aromatic nitrogens is 3. The van der Waals surface area contributed by atoms with Crippen molar-refractivity contribution in [2.24, 2.45) is 0 Å². The van der Waals surface area contributed by atoms with E-state index < -0.39 is 0 Å². The summed E-state index contributed by atoms with van der Waals surface area (Å²) in [5.74, 6) is 1.43. The predicted molar refractivity (Wildman–Crippen MR) is 147 cm³/mol. The quantitative estimate of drug-likeness (QED) is 0.362. The maximum Gasteiger partial charge on any atom is 0.227 e. The van der Waals surface area contributed by atoms with Gasteiger partial charge in [-0.15, -0.1) is 0 Å². The third kappa shape index (κ3) is 5.68. The summed E-state index contributed by atoms with van der Waals surface area (Å²) in [6.07, 6.45) is 11.8. The highest BCUT2D eigenvalue weighted by atomic mass is 16.5. The fraction of sp³-hybridized carbons (Fsp3) is 0.333. The van der Waals surface area contributed by atoms with Crippen LogP contribution < -0.4 is 10.1 Å². The smallest absolute Gasteiger partial charge is 0.227 e. The number of aryl methyl sites for hydroxylation is 1. The van der Waals surface area contributed by atoms with Gasteiger partial charge >= 0.3 is 0 Å². The van der Waals surface area contributed by atoms with Gasteiger partial charge in [-0.1, -0.05) is 18.2 Å². The van der Waals surface area contributed by atoms with Crippen molar-refractivity contribution in [1.29, 1.82) is 0 Å². The maximum atomic E-state index is 6.20. The fourth-order valence-electron chi connectivity index (χ4n) is 5.10. The van der Waals surface area contributed by atoms with Gasteiger partial charge in [0.15, 0.2) is 0 Å². The molecule has 190 valence electrons. The monoisotopic (exact) mass is 495 g/mol. The Bertz CT molecular complexity index is 1390. The minimum Gasteiger partial charge on any atom is -0.492 e. The number of nitrogens with zero attached hydrogens (tertiary/aromatic N) is 4. The number of benzene rings is 2. The minimum atomic E-state index is 0.474. The van der Waals surface area contributed by atoms with Gasteiger partial charge in [-0.05, 0) is 74.8 Å². The molecule has 0 saturated carbocycles. The van der Waals surface area contributed by atoms with E-state index in [4.69, 9.17) is 14.5 Å². The molecule has 7 nitrogen and oxygen atoms in total. The lowest BCUT2D eigenvalue weighted by atomic mass is 10.1. The Labute approximate surface area is 217 Å². The molecule has 5 heterocycles. The van der Waals surface area contributed by atoms with Crippen LogP contribution >= 0.6 is 0 Å². The van der Waals surface area contributed by atoms with E-state index in [1.165, 1.54) is 36.8 Å². The number of hydrogen-bond donors (Lipinski definition) is 1. The molecular formula is C30H33N5O2. The van der Waals surface area contributed by atoms with Crippen LogP contribution in [-0.4, -0.2) is 52.3 Å². The second kappa shape index (κ2) is 11.2. The first-order valence-electron chi connectivity index (χ1n) is 13.2. The molecule has 3 aliphatic rings. The first kappa shape index (κ1) is 23.7. The van der Waals surface area contributed by atoms with Crippen molar-refractivity contribution in [3.63, 3.8) is 0 Å². The first-order valence-corrected chi connectivity index (χ1v) is 13.2. The average molecular weight is 496 g/mol. The highest BCUT2D eigenvalue weighted by Gasteiger charge is 2.13. The number of allylic oxidation sites excluding steroid dienone is 1. The second-order valence-electron chi connectivity index (χ2n) is 9.67. The SMILES string of the molecule is C1=C\COCc2cc(ccc2OCCN2CCCC2)Nc2nccc(n2)-c2ccc3c(ccn3CC/1)c2. The van der Waals surface area contributed by atoms with Crippen LogP contribution in [-0.2, 0) is 17.9 Å². The molecule has 1 N–H and O–H groups in total. The maximum absolute atomic E-state index is 6.20. The number of nitrogens with one attached hydrogen (secondary N) is 1. The van der Waals surface area contributed by atoms with Crippen LogP contribution in [0.5, 0.6) is 5.75 Å². The van der Waals surface area contributed by atoms with E-state index in [0.29, 0.717) is 25.8 Å². The normalized spacial score (nSPS) is 17.3. The molecule has 0 unspecified atom stereocenters. The molecule has 0 atom stereocenters. The average Bonchev–Trinajstić information content (AvgIpc) is 3.59. The summed E-state index contributed by atoms with van der Waals surface area (Å²) in [7, 11) is 0. The van der Waals surface area contributed by atoms with Gasteiger partial charge in [0.1, 0.15) is 12.4 Å². The number of anilines is 2. The topological polar surface area (TPSA) is 64.4 Å². The zero-order valence-electron chi connectivity index (χ0n) is 21.1. The predicted octanol–water partition coefficient (Wildman–Crippen LogP) is 5.79. The van der Waals surface area contributed by atoms with E-state index in [2.05, 4.69) is 68.4 Å². The molecule has 7 rings (SSSR count). The summed E-state index contributed by atoms with van der Waals surface area (Å²) in [5.41, 5.74) is 5.11. The number of fused-ring (bicyclic) bond motifs is 6. The van der Waals surface area contributed by atoms with Crippen LogP contribution in [0.15, 0.2) is 73.1 Å². The molecule has 3 aliphatic heterocycles. The Morgan fingerprint density at radius 1 is 0.973 bits per heavy atom. The molecule has 0 amide bonds. The molecule has 2 aromatic carbocycles. The van der Waals surface area contributed by atoms with Gasteiger partial charge in [-0.2, -0.15) is 0 Å². The molecule has 8 bridgehead atoms. The Morgan fingerprint density at radius 2 is 1.92 bits per heavy atom. The van der Waals surface area contributed by atoms with Gasteiger partial charge in [0.05, 0.1) is 18.9 Å². The summed E-state index contributed by atoms with van der Waals surface area (Å²) in [4.78, 5) is 11.7. The van der Waals surface area contributed by atoms with Crippen LogP contribution in [0, 0.1) is 0 Å². The standard InChI is InChI=1S/C30H33N5O2/c1-2-15-35-16-11-24-20-23(6-8-28(24)35)27-10-12-31-30(33-27)32-26-7-9-29(25(21-26)22-36-18-5-1)37-19-17-34-13-3-4-14-34/h1,5-12,16,20-21H,2-4,13-15,17-19,22H2,(H,31,32,33)/b5-1-. The number of likely N-dealkylation sites (tertiary alicyclic amines) is 1. The van der Waals surface area contributed by atoms with E-state index in [1.807, 2.05) is 18.2 Å². The Hall–Kier alpha value is -3.68. The first-order chi connectivity index (χ1) is 18.3. The third-order valence-electron chi connectivity index (χ3n) is 7.08. The molecule has 0 aliphatic carbocycles. The third-order valence-corrected chi connectivity index (χ3v) is 7.08. The van der Waals surface area contributed by atoms with E-state index in [9.17, 15) is 0 Å². The van der Waals surface area contributed by atoms with E-state index in [1.54, 1.807) is 6.20 Å². The van der Waals surface area contributed by atoms with Crippen LogP contribution in [0.3, 0.4) is 0 Å². The lowest BCUT2D eigenvalue weighted by Gasteiger charge is -2.17. The highest BCUT2D eigenvalue weighted by Crippen LogP contribution is 2.28. The van der Waals surface area contributed by atoms with Crippen LogP contribution in [0.1, 0.15) is 24.8 Å². The van der Waals surface area contributed by atoms with Crippen molar-refractivity contribution in [2.45, 2.75) is 32.4 Å². The van der Waals surface area contributed by atoms with Crippen LogP contribution in [0.2, 0.25) is 0 Å². The zero-order chi connectivity index (χ0) is 24.9. The zero-order valence-corrected chi connectivity index (χ0v) is 21.1. The van der Waals surface area contributed by atoms with Gasteiger partial charge in [0.25, 0.3) is 0 Å². The molecular weight excluding hydrogens is 462 g/mol. The summed E-state index contributed by atoms with van der Waals surface area (Å²) in [6.45, 7) is 5.94. The van der Waals surface area contributed by atoms with Crippen molar-refractivity contribution in [3.8, 4) is 17.0 Å². The minimum absolute atomic E-state index is 0.474. The van der Waals surface area contributed by atoms with E-state index in [-0.39, 0.29) is 0 Å². The van der Waals surface area contributed by atoms with E-state index in [0.717, 1.165) is 47.8 Å². The number of hydrogen-bond acceptors (Lipinski definition) is 6. The second-order valence-corrected chi connectivity index (χ2v) is 9.67. The molecule has 1 saturated heterocycles. The van der Waals surface area contributed by atoms with Crippen LogP contribution in [0.4, 0.5) is 11.6 Å². The molecule has 1 fully saturated rings. The van der Waals surface area contributed by atoms with Gasteiger partial charge < -0.3 is 19.4 Å². The molecule has 37 heavy (non-hydrogen) atoms. The van der Waals surface area contributed by atoms with E-state index >= 15 is 0 Å². The Balaban J connectivity index is 1.27. The number of ether oxygens (including phenoxy) is 2. The van der Waals surface area contributed by atoms with Gasteiger partial charge in [-0.3, -0.25) is 4.90 Å². The summed E-state index contributed by atoms with van der Waals surface area (Å²) < 4.78 is 14.5. The molecule has 0 radical (unpaired) electrons. The molecule has 0 spiro atoms.